The van der Waals surface area contributed by atoms with Crippen LogP contribution in [0.2, 0.25) is 0 Å². The van der Waals surface area contributed by atoms with E-state index in [-0.39, 0.29) is 11.4 Å². The third kappa shape index (κ3) is 2.57. The van der Waals surface area contributed by atoms with Crippen LogP contribution in [0.5, 0.6) is 5.75 Å². The van der Waals surface area contributed by atoms with Crippen molar-refractivity contribution in [3.63, 3.8) is 0 Å². The maximum absolute atomic E-state index is 12.1. The van der Waals surface area contributed by atoms with Gasteiger partial charge in [-0.3, -0.25) is 9.36 Å². The van der Waals surface area contributed by atoms with Crippen molar-refractivity contribution in [1.82, 2.24) is 4.57 Å². The highest BCUT2D eigenvalue weighted by Crippen LogP contribution is 2.27. The van der Waals surface area contributed by atoms with E-state index in [9.17, 15) is 9.90 Å². The van der Waals surface area contributed by atoms with E-state index in [1.54, 1.807) is 17.7 Å². The summed E-state index contributed by atoms with van der Waals surface area (Å²) in [6.07, 6.45) is -0.795. The highest BCUT2D eigenvalue weighted by molar-refractivity contribution is 7.16. The van der Waals surface area contributed by atoms with Gasteiger partial charge in [-0.2, -0.15) is 0 Å². The summed E-state index contributed by atoms with van der Waals surface area (Å²) in [5.74, 6) is 0.623. The molecule has 5 heteroatoms. The Morgan fingerprint density at radius 3 is 2.71 bits per heavy atom. The van der Waals surface area contributed by atoms with Gasteiger partial charge in [0.2, 0.25) is 0 Å². The molecule has 0 aliphatic heterocycles. The fraction of sp³-hybridized carbons (Fsp3) is 0.188. The van der Waals surface area contributed by atoms with E-state index < -0.39 is 6.10 Å². The second-order valence-electron chi connectivity index (χ2n) is 4.70. The monoisotopic (exact) mass is 301 g/mol. The zero-order chi connectivity index (χ0) is 14.8. The molecule has 0 amide bonds. The number of thiazole rings is 1. The van der Waals surface area contributed by atoms with Gasteiger partial charge >= 0.3 is 4.87 Å². The third-order valence-corrected chi connectivity index (χ3v) is 4.39. The second-order valence-corrected chi connectivity index (χ2v) is 5.70. The topological polar surface area (TPSA) is 51.5 Å². The molecular formula is C16H15NO3S. The molecule has 0 saturated heterocycles. The molecule has 21 heavy (non-hydrogen) atoms. The fourth-order valence-corrected chi connectivity index (χ4v) is 3.30. The Bertz CT molecular complexity index is 822. The summed E-state index contributed by atoms with van der Waals surface area (Å²) < 4.78 is 7.79. The summed E-state index contributed by atoms with van der Waals surface area (Å²) in [6, 6.07) is 14.9. The minimum atomic E-state index is -0.795. The zero-order valence-electron chi connectivity index (χ0n) is 11.5. The lowest BCUT2D eigenvalue weighted by atomic mass is 10.1. The first-order chi connectivity index (χ1) is 10.2. The van der Waals surface area contributed by atoms with Crippen molar-refractivity contribution >= 4 is 21.6 Å². The van der Waals surface area contributed by atoms with E-state index in [1.807, 2.05) is 42.5 Å². The van der Waals surface area contributed by atoms with Crippen molar-refractivity contribution in [2.24, 2.45) is 0 Å². The quantitative estimate of drug-likeness (QED) is 0.806. The lowest BCUT2D eigenvalue weighted by molar-refractivity contribution is 0.153. The van der Waals surface area contributed by atoms with Gasteiger partial charge in [-0.05, 0) is 18.2 Å². The first-order valence-corrected chi connectivity index (χ1v) is 7.41. The first-order valence-electron chi connectivity index (χ1n) is 6.60. The zero-order valence-corrected chi connectivity index (χ0v) is 12.3. The molecule has 1 heterocycles. The molecule has 3 aromatic rings. The maximum atomic E-state index is 12.1. The van der Waals surface area contributed by atoms with Crippen LogP contribution in [0.15, 0.2) is 53.3 Å². The van der Waals surface area contributed by atoms with Gasteiger partial charge in [0.1, 0.15) is 11.9 Å². The van der Waals surface area contributed by atoms with Crippen LogP contribution in [0.4, 0.5) is 0 Å². The number of hydrogen-bond acceptors (Lipinski definition) is 4. The molecule has 3 rings (SSSR count). The highest BCUT2D eigenvalue weighted by Gasteiger charge is 2.16. The fourth-order valence-electron chi connectivity index (χ4n) is 2.40. The molecule has 1 aromatic heterocycles. The Labute approximate surface area is 125 Å². The molecule has 0 aliphatic rings. The molecule has 2 aromatic carbocycles. The number of rotatable bonds is 4. The molecule has 0 radical (unpaired) electrons. The molecular weight excluding hydrogens is 286 g/mol. The van der Waals surface area contributed by atoms with Crippen LogP contribution in [0.1, 0.15) is 11.7 Å². The van der Waals surface area contributed by atoms with Crippen LogP contribution in [0.25, 0.3) is 10.2 Å². The summed E-state index contributed by atoms with van der Waals surface area (Å²) >= 11 is 1.19. The van der Waals surface area contributed by atoms with Crippen molar-refractivity contribution in [2.45, 2.75) is 12.6 Å². The van der Waals surface area contributed by atoms with E-state index in [0.29, 0.717) is 11.3 Å². The number of aromatic nitrogens is 1. The van der Waals surface area contributed by atoms with Gasteiger partial charge in [0.15, 0.2) is 0 Å². The number of fused-ring (bicyclic) bond motifs is 1. The van der Waals surface area contributed by atoms with Gasteiger partial charge in [-0.15, -0.1) is 0 Å². The van der Waals surface area contributed by atoms with Crippen molar-refractivity contribution in [3.05, 3.63) is 63.8 Å². The molecule has 0 saturated carbocycles. The van der Waals surface area contributed by atoms with Crippen LogP contribution in [-0.4, -0.2) is 16.8 Å². The van der Waals surface area contributed by atoms with Crippen LogP contribution >= 0.6 is 11.3 Å². The number of benzene rings is 2. The lowest BCUT2D eigenvalue weighted by Crippen LogP contribution is -2.18. The van der Waals surface area contributed by atoms with E-state index in [0.717, 1.165) is 10.2 Å². The number of para-hydroxylation sites is 2. The van der Waals surface area contributed by atoms with E-state index in [2.05, 4.69) is 0 Å². The van der Waals surface area contributed by atoms with Gasteiger partial charge in [0.05, 0.1) is 23.9 Å². The molecule has 4 nitrogen and oxygen atoms in total. The van der Waals surface area contributed by atoms with Crippen molar-refractivity contribution in [1.29, 1.82) is 0 Å². The number of aliphatic hydroxyl groups excluding tert-OH is 1. The lowest BCUT2D eigenvalue weighted by Gasteiger charge is -2.15. The molecule has 108 valence electrons. The van der Waals surface area contributed by atoms with Crippen LogP contribution in [0.3, 0.4) is 0 Å². The first kappa shape index (κ1) is 13.9. The van der Waals surface area contributed by atoms with Crippen molar-refractivity contribution in [3.8, 4) is 5.75 Å². The smallest absolute Gasteiger partial charge is 0.308 e. The summed E-state index contributed by atoms with van der Waals surface area (Å²) in [4.78, 5) is 12.0. The summed E-state index contributed by atoms with van der Waals surface area (Å²) in [5, 5.41) is 10.5. The Morgan fingerprint density at radius 2 is 1.90 bits per heavy atom. The summed E-state index contributed by atoms with van der Waals surface area (Å²) in [5.41, 5.74) is 1.53. The minimum absolute atomic E-state index is 0.0647. The predicted octanol–water partition coefficient (Wildman–Crippen LogP) is 2.81. The molecule has 0 spiro atoms. The Morgan fingerprint density at radius 1 is 1.19 bits per heavy atom. The van der Waals surface area contributed by atoms with E-state index in [4.69, 9.17) is 4.74 Å². The van der Waals surface area contributed by atoms with E-state index in [1.165, 1.54) is 11.3 Å². The predicted molar refractivity (Wildman–Crippen MR) is 84.0 cm³/mol. The van der Waals surface area contributed by atoms with Crippen LogP contribution in [-0.2, 0) is 6.54 Å². The van der Waals surface area contributed by atoms with Crippen molar-refractivity contribution in [2.75, 3.05) is 7.11 Å². The average molecular weight is 301 g/mol. The summed E-state index contributed by atoms with van der Waals surface area (Å²) in [6.45, 7) is 0.212. The van der Waals surface area contributed by atoms with E-state index >= 15 is 0 Å². The Balaban J connectivity index is 1.98. The maximum Gasteiger partial charge on any atom is 0.308 e. The van der Waals surface area contributed by atoms with Gasteiger partial charge in [-0.1, -0.05) is 41.7 Å². The van der Waals surface area contributed by atoms with Crippen LogP contribution in [0, 0.1) is 0 Å². The SMILES string of the molecule is COc1ccccc1C(O)Cn1c(=O)sc2ccccc21. The van der Waals surface area contributed by atoms with Crippen LogP contribution < -0.4 is 9.61 Å². The molecule has 0 aliphatic carbocycles. The van der Waals surface area contributed by atoms with Gasteiger partial charge in [-0.25, -0.2) is 0 Å². The largest absolute Gasteiger partial charge is 0.496 e. The average Bonchev–Trinajstić information content (AvgIpc) is 2.83. The number of aliphatic hydroxyl groups is 1. The highest BCUT2D eigenvalue weighted by atomic mass is 32.1. The van der Waals surface area contributed by atoms with Gasteiger partial charge in [0, 0.05) is 5.56 Å². The minimum Gasteiger partial charge on any atom is -0.496 e. The molecule has 1 atom stereocenters. The number of ether oxygens (including phenoxy) is 1. The van der Waals surface area contributed by atoms with Crippen molar-refractivity contribution < 1.29 is 9.84 Å². The Hall–Kier alpha value is -2.11. The number of hydrogen-bond donors (Lipinski definition) is 1. The third-order valence-electron chi connectivity index (χ3n) is 3.43. The van der Waals surface area contributed by atoms with Gasteiger partial charge < -0.3 is 9.84 Å². The molecule has 1 N–H and O–H groups in total. The normalized spacial score (nSPS) is 12.5. The summed E-state index contributed by atoms with van der Waals surface area (Å²) in [7, 11) is 1.57. The Kier molecular flexibility index (Phi) is 3.77. The number of methoxy groups -OCH3 is 1. The molecule has 0 bridgehead atoms. The van der Waals surface area contributed by atoms with Gasteiger partial charge in [0.25, 0.3) is 0 Å². The second kappa shape index (κ2) is 5.71. The number of nitrogens with zero attached hydrogens (tertiary/aromatic N) is 1. The standard InChI is InChI=1S/C16H15NO3S/c1-20-14-8-4-2-6-11(14)13(18)10-17-12-7-3-5-9-15(12)21-16(17)19/h2-9,13,18H,10H2,1H3. The molecule has 1 unspecified atom stereocenters. The molecule has 0 fully saturated rings.